The molecule has 21 heavy (non-hydrogen) atoms. The maximum atomic E-state index is 12.0. The average molecular weight is 299 g/mol. The van der Waals surface area contributed by atoms with Crippen molar-refractivity contribution in [2.75, 3.05) is 19.6 Å². The minimum absolute atomic E-state index is 0.0270. The monoisotopic (exact) mass is 299 g/mol. The number of carbonyl (C=O) groups excluding carboxylic acids is 2. The van der Waals surface area contributed by atoms with Crippen LogP contribution in [0.2, 0.25) is 0 Å². The van der Waals surface area contributed by atoms with E-state index in [1.54, 1.807) is 0 Å². The standard InChI is InChI=1S/C14H25N3O4/c1-8(2)4-10(13(19)20)5-16-14(21)17-6-9(3)11(7-17)12(15)18/h8-11H,4-7H2,1-3H3,(H2,15,18)(H,16,21)(H,19,20)/t9-,10?,11-/m1/s1. The molecule has 3 atom stereocenters. The van der Waals surface area contributed by atoms with Gasteiger partial charge in [0, 0.05) is 19.6 Å². The van der Waals surface area contributed by atoms with Gasteiger partial charge in [-0.05, 0) is 18.3 Å². The highest BCUT2D eigenvalue weighted by atomic mass is 16.4. The molecule has 1 unspecified atom stereocenters. The Labute approximate surface area is 124 Å². The number of urea groups is 1. The van der Waals surface area contributed by atoms with Crippen molar-refractivity contribution in [2.24, 2.45) is 29.4 Å². The molecule has 7 nitrogen and oxygen atoms in total. The Morgan fingerprint density at radius 1 is 1.33 bits per heavy atom. The largest absolute Gasteiger partial charge is 0.481 e. The summed E-state index contributed by atoms with van der Waals surface area (Å²) in [5, 5.41) is 11.8. The Morgan fingerprint density at radius 3 is 2.38 bits per heavy atom. The van der Waals surface area contributed by atoms with E-state index in [1.165, 1.54) is 4.90 Å². The SMILES string of the molecule is CC(C)CC(CNC(=O)N1C[C@@H](C)[C@H](C(N)=O)C1)C(=O)O. The van der Waals surface area contributed by atoms with Crippen LogP contribution in [0.4, 0.5) is 4.79 Å². The molecule has 0 saturated carbocycles. The van der Waals surface area contributed by atoms with E-state index in [-0.39, 0.29) is 30.3 Å². The first-order valence-electron chi connectivity index (χ1n) is 7.27. The number of amides is 3. The topological polar surface area (TPSA) is 113 Å². The minimum Gasteiger partial charge on any atom is -0.481 e. The van der Waals surface area contributed by atoms with E-state index in [1.807, 2.05) is 20.8 Å². The molecule has 1 aliphatic heterocycles. The molecule has 1 heterocycles. The van der Waals surface area contributed by atoms with Crippen molar-refractivity contribution < 1.29 is 19.5 Å². The molecule has 7 heteroatoms. The van der Waals surface area contributed by atoms with Crippen LogP contribution in [0.25, 0.3) is 0 Å². The van der Waals surface area contributed by atoms with E-state index in [0.717, 1.165) is 0 Å². The second-order valence-corrected chi connectivity index (χ2v) is 6.24. The Balaban J connectivity index is 2.50. The zero-order chi connectivity index (χ0) is 16.2. The van der Waals surface area contributed by atoms with Crippen LogP contribution in [0.3, 0.4) is 0 Å². The molecule has 0 radical (unpaired) electrons. The second-order valence-electron chi connectivity index (χ2n) is 6.24. The number of nitrogens with zero attached hydrogens (tertiary/aromatic N) is 1. The summed E-state index contributed by atoms with van der Waals surface area (Å²) in [5.74, 6) is -1.97. The van der Waals surface area contributed by atoms with Gasteiger partial charge in [0.2, 0.25) is 5.91 Å². The van der Waals surface area contributed by atoms with Gasteiger partial charge in [0.05, 0.1) is 11.8 Å². The summed E-state index contributed by atoms with van der Waals surface area (Å²) < 4.78 is 0. The molecule has 120 valence electrons. The zero-order valence-electron chi connectivity index (χ0n) is 12.8. The Hall–Kier alpha value is -1.79. The highest BCUT2D eigenvalue weighted by Gasteiger charge is 2.36. The number of aliphatic carboxylic acids is 1. The van der Waals surface area contributed by atoms with Crippen LogP contribution < -0.4 is 11.1 Å². The van der Waals surface area contributed by atoms with Gasteiger partial charge < -0.3 is 21.1 Å². The van der Waals surface area contributed by atoms with E-state index in [9.17, 15) is 14.4 Å². The number of carboxylic acids is 1. The number of carboxylic acid groups (broad SMARTS) is 1. The summed E-state index contributed by atoms with van der Waals surface area (Å²) >= 11 is 0. The summed E-state index contributed by atoms with van der Waals surface area (Å²) in [4.78, 5) is 35.9. The van der Waals surface area contributed by atoms with Crippen molar-refractivity contribution in [2.45, 2.75) is 27.2 Å². The number of hydrogen-bond acceptors (Lipinski definition) is 3. The molecule has 0 aliphatic carbocycles. The Morgan fingerprint density at radius 2 is 1.95 bits per heavy atom. The van der Waals surface area contributed by atoms with E-state index in [0.29, 0.717) is 19.5 Å². The van der Waals surface area contributed by atoms with Gasteiger partial charge in [0.25, 0.3) is 0 Å². The molecule has 0 aromatic carbocycles. The molecule has 1 saturated heterocycles. The van der Waals surface area contributed by atoms with Crippen molar-refractivity contribution in [1.29, 1.82) is 0 Å². The molecule has 0 spiro atoms. The third-order valence-electron chi connectivity index (χ3n) is 3.87. The van der Waals surface area contributed by atoms with Gasteiger partial charge >= 0.3 is 12.0 Å². The number of carbonyl (C=O) groups is 3. The summed E-state index contributed by atoms with van der Waals surface area (Å²) in [5.41, 5.74) is 5.29. The lowest BCUT2D eigenvalue weighted by Crippen LogP contribution is -2.42. The molecule has 0 bridgehead atoms. The summed E-state index contributed by atoms with van der Waals surface area (Å²) in [6, 6.07) is -0.333. The van der Waals surface area contributed by atoms with Gasteiger partial charge in [-0.2, -0.15) is 0 Å². The molecule has 0 aromatic heterocycles. The third-order valence-corrected chi connectivity index (χ3v) is 3.87. The van der Waals surface area contributed by atoms with Crippen molar-refractivity contribution in [3.63, 3.8) is 0 Å². The predicted octanol–water partition coefficient (Wildman–Crippen LogP) is 0.496. The van der Waals surface area contributed by atoms with Gasteiger partial charge in [0.1, 0.15) is 0 Å². The van der Waals surface area contributed by atoms with Crippen LogP contribution in [-0.4, -0.2) is 47.5 Å². The average Bonchev–Trinajstić information content (AvgIpc) is 2.75. The summed E-state index contributed by atoms with van der Waals surface area (Å²) in [6.07, 6.45) is 0.510. The molecule has 1 rings (SSSR count). The quantitative estimate of drug-likeness (QED) is 0.662. The summed E-state index contributed by atoms with van der Waals surface area (Å²) in [7, 11) is 0. The Kier molecular flexibility index (Phi) is 5.99. The lowest BCUT2D eigenvalue weighted by atomic mass is 9.97. The van der Waals surface area contributed by atoms with Crippen molar-refractivity contribution in [1.82, 2.24) is 10.2 Å². The fourth-order valence-corrected chi connectivity index (χ4v) is 2.67. The number of nitrogens with one attached hydrogen (secondary N) is 1. The first-order valence-corrected chi connectivity index (χ1v) is 7.27. The molecule has 4 N–H and O–H groups in total. The van der Waals surface area contributed by atoms with E-state index < -0.39 is 17.8 Å². The third kappa shape index (κ3) is 4.91. The van der Waals surface area contributed by atoms with Crippen LogP contribution in [0.15, 0.2) is 0 Å². The predicted molar refractivity (Wildman–Crippen MR) is 77.4 cm³/mol. The van der Waals surface area contributed by atoms with E-state index in [4.69, 9.17) is 10.8 Å². The smallest absolute Gasteiger partial charge is 0.317 e. The molecular weight excluding hydrogens is 274 g/mol. The van der Waals surface area contributed by atoms with Gasteiger partial charge in [-0.15, -0.1) is 0 Å². The number of rotatable bonds is 6. The van der Waals surface area contributed by atoms with E-state index >= 15 is 0 Å². The molecular formula is C14H25N3O4. The maximum absolute atomic E-state index is 12.0. The fraction of sp³-hybridized carbons (Fsp3) is 0.786. The molecule has 0 aromatic rings. The minimum atomic E-state index is -0.909. The van der Waals surface area contributed by atoms with Crippen LogP contribution in [0, 0.1) is 23.7 Å². The number of primary amides is 1. The maximum Gasteiger partial charge on any atom is 0.317 e. The normalized spacial score (nSPS) is 23.1. The fourth-order valence-electron chi connectivity index (χ4n) is 2.67. The van der Waals surface area contributed by atoms with Crippen LogP contribution >= 0.6 is 0 Å². The first kappa shape index (κ1) is 17.3. The van der Waals surface area contributed by atoms with Gasteiger partial charge in [-0.3, -0.25) is 9.59 Å². The van der Waals surface area contributed by atoms with Crippen molar-refractivity contribution >= 4 is 17.9 Å². The molecule has 1 aliphatic rings. The van der Waals surface area contributed by atoms with Gasteiger partial charge in [-0.25, -0.2) is 4.79 Å². The van der Waals surface area contributed by atoms with Crippen molar-refractivity contribution in [3.8, 4) is 0 Å². The highest BCUT2D eigenvalue weighted by Crippen LogP contribution is 2.22. The Bertz CT molecular complexity index is 411. The van der Waals surface area contributed by atoms with E-state index in [2.05, 4.69) is 5.32 Å². The van der Waals surface area contributed by atoms with Crippen LogP contribution in [0.5, 0.6) is 0 Å². The zero-order valence-corrected chi connectivity index (χ0v) is 12.8. The summed E-state index contributed by atoms with van der Waals surface area (Å²) in [6.45, 7) is 6.61. The van der Waals surface area contributed by atoms with Crippen LogP contribution in [0.1, 0.15) is 27.2 Å². The lowest BCUT2D eigenvalue weighted by molar-refractivity contribution is -0.142. The van der Waals surface area contributed by atoms with Gasteiger partial charge in [0.15, 0.2) is 0 Å². The van der Waals surface area contributed by atoms with Gasteiger partial charge in [-0.1, -0.05) is 20.8 Å². The first-order chi connectivity index (χ1) is 9.72. The lowest BCUT2D eigenvalue weighted by Gasteiger charge is -2.20. The number of likely N-dealkylation sites (tertiary alicyclic amines) is 1. The number of hydrogen-bond donors (Lipinski definition) is 3. The molecule has 3 amide bonds. The number of nitrogens with two attached hydrogens (primary N) is 1. The molecule has 1 fully saturated rings. The van der Waals surface area contributed by atoms with Crippen LogP contribution in [-0.2, 0) is 9.59 Å². The highest BCUT2D eigenvalue weighted by molar-refractivity contribution is 5.81. The second kappa shape index (κ2) is 7.28. The van der Waals surface area contributed by atoms with Crippen molar-refractivity contribution in [3.05, 3.63) is 0 Å².